The van der Waals surface area contributed by atoms with Gasteiger partial charge in [0.25, 0.3) is 0 Å². The standard InChI is InChI=1S/C55H101NO5/c1-4-7-10-13-16-19-22-24-26-27-29-30-32-34-37-40-43-46-51(61-55(60)48-45-42-39-36-33-31-28-25-23-20-17-14-11-8-5-2)49-54(59)56-52(50-57)53(58)47-44-41-38-35-21-18-15-12-9-6-3/h8,11,14,17,20,23,25,28,51-53,57-58H,4-7,9-10,12-13,15-16,18-19,21-22,24,26-27,29-50H2,1-3H3,(H,56,59)/b11-8+,17-14+,23-20+,28-25-. The van der Waals surface area contributed by atoms with Gasteiger partial charge in [-0.15, -0.1) is 0 Å². The van der Waals surface area contributed by atoms with Crippen molar-refractivity contribution in [2.75, 3.05) is 6.61 Å². The van der Waals surface area contributed by atoms with Crippen LogP contribution < -0.4 is 5.32 Å². The Morgan fingerprint density at radius 2 is 0.885 bits per heavy atom. The Morgan fingerprint density at radius 1 is 0.492 bits per heavy atom. The zero-order valence-electron chi connectivity index (χ0n) is 40.5. The molecular weight excluding hydrogens is 755 g/mol. The highest BCUT2D eigenvalue weighted by Crippen LogP contribution is 2.18. The van der Waals surface area contributed by atoms with Crippen molar-refractivity contribution in [3.05, 3.63) is 48.6 Å². The van der Waals surface area contributed by atoms with Gasteiger partial charge in [-0.3, -0.25) is 9.59 Å². The molecule has 1 amide bonds. The number of hydrogen-bond donors (Lipinski definition) is 3. The molecule has 3 atom stereocenters. The maximum absolute atomic E-state index is 13.2. The summed E-state index contributed by atoms with van der Waals surface area (Å²) < 4.78 is 5.94. The van der Waals surface area contributed by atoms with E-state index < -0.39 is 18.2 Å². The lowest BCUT2D eigenvalue weighted by molar-refractivity contribution is -0.151. The maximum Gasteiger partial charge on any atom is 0.306 e. The van der Waals surface area contributed by atoms with E-state index in [2.05, 4.69) is 56.5 Å². The maximum atomic E-state index is 13.2. The van der Waals surface area contributed by atoms with Crippen LogP contribution in [0.1, 0.15) is 265 Å². The number of carbonyl (C=O) groups excluding carboxylic acids is 2. The van der Waals surface area contributed by atoms with Gasteiger partial charge >= 0.3 is 5.97 Å². The molecule has 0 radical (unpaired) electrons. The Morgan fingerprint density at radius 3 is 1.34 bits per heavy atom. The van der Waals surface area contributed by atoms with Gasteiger partial charge in [-0.1, -0.05) is 256 Å². The first-order valence-electron chi connectivity index (χ1n) is 26.4. The number of unbranched alkanes of at least 4 members (excludes halogenated alkanes) is 30. The molecule has 0 fully saturated rings. The van der Waals surface area contributed by atoms with Gasteiger partial charge in [-0.25, -0.2) is 0 Å². The van der Waals surface area contributed by atoms with Crippen LogP contribution in [0.5, 0.6) is 0 Å². The molecule has 0 aliphatic carbocycles. The van der Waals surface area contributed by atoms with Gasteiger partial charge in [0.15, 0.2) is 0 Å². The van der Waals surface area contributed by atoms with Crippen molar-refractivity contribution >= 4 is 11.9 Å². The predicted octanol–water partition coefficient (Wildman–Crippen LogP) is 15.8. The number of nitrogens with one attached hydrogen (secondary N) is 1. The van der Waals surface area contributed by atoms with Gasteiger partial charge in [0.05, 0.1) is 25.2 Å². The van der Waals surface area contributed by atoms with Crippen LogP contribution in [0.2, 0.25) is 0 Å². The van der Waals surface area contributed by atoms with Crippen LogP contribution in [-0.4, -0.2) is 46.9 Å². The number of rotatable bonds is 47. The second-order valence-corrected chi connectivity index (χ2v) is 18.0. The number of hydrogen-bond acceptors (Lipinski definition) is 5. The van der Waals surface area contributed by atoms with Crippen LogP contribution in [0.4, 0.5) is 0 Å². The SMILES string of the molecule is CC/C=C/C=C/C=C/C=C\CCCCCCCC(=O)OC(CCCCCCCCCCCCCCCCCCC)CC(=O)NC(CO)C(O)CCCCCCCCCCCC. The number of amides is 1. The summed E-state index contributed by atoms with van der Waals surface area (Å²) in [6, 6.07) is -0.704. The van der Waals surface area contributed by atoms with Crippen LogP contribution in [-0.2, 0) is 14.3 Å². The summed E-state index contributed by atoms with van der Waals surface area (Å²) in [6.45, 7) is 6.35. The van der Waals surface area contributed by atoms with E-state index in [1.807, 2.05) is 18.2 Å². The molecule has 0 aromatic rings. The van der Waals surface area contributed by atoms with E-state index in [0.29, 0.717) is 19.3 Å². The van der Waals surface area contributed by atoms with Crippen LogP contribution in [0.25, 0.3) is 0 Å². The van der Waals surface area contributed by atoms with Gasteiger partial charge in [-0.05, 0) is 44.9 Å². The molecular formula is C55H101NO5. The number of aliphatic hydroxyl groups is 2. The lowest BCUT2D eigenvalue weighted by Gasteiger charge is -2.24. The molecule has 0 saturated heterocycles. The van der Waals surface area contributed by atoms with Crippen molar-refractivity contribution < 1.29 is 24.5 Å². The fourth-order valence-electron chi connectivity index (χ4n) is 8.03. The van der Waals surface area contributed by atoms with Gasteiger partial charge in [0.1, 0.15) is 6.10 Å². The van der Waals surface area contributed by atoms with Crippen molar-refractivity contribution in [3.8, 4) is 0 Å². The summed E-state index contributed by atoms with van der Waals surface area (Å²) in [5.41, 5.74) is 0. The number of aliphatic hydroxyl groups excluding tert-OH is 2. The molecule has 356 valence electrons. The molecule has 0 heterocycles. The second-order valence-electron chi connectivity index (χ2n) is 18.0. The molecule has 0 aliphatic heterocycles. The van der Waals surface area contributed by atoms with Crippen molar-refractivity contribution in [1.82, 2.24) is 5.32 Å². The molecule has 0 spiro atoms. The van der Waals surface area contributed by atoms with Crippen LogP contribution >= 0.6 is 0 Å². The Kier molecular flexibility index (Phi) is 47.1. The zero-order valence-corrected chi connectivity index (χ0v) is 40.5. The molecule has 3 unspecified atom stereocenters. The normalized spacial score (nSPS) is 13.6. The number of allylic oxidation sites excluding steroid dienone is 8. The average molecular weight is 856 g/mol. The highest BCUT2D eigenvalue weighted by atomic mass is 16.5. The molecule has 0 saturated carbocycles. The van der Waals surface area contributed by atoms with E-state index in [4.69, 9.17) is 4.74 Å². The lowest BCUT2D eigenvalue weighted by Crippen LogP contribution is -2.46. The van der Waals surface area contributed by atoms with E-state index in [9.17, 15) is 19.8 Å². The molecule has 0 rings (SSSR count). The van der Waals surface area contributed by atoms with Gasteiger partial charge in [0, 0.05) is 6.42 Å². The van der Waals surface area contributed by atoms with Crippen LogP contribution in [0, 0.1) is 0 Å². The second kappa shape index (κ2) is 48.8. The predicted molar refractivity (Wildman–Crippen MR) is 264 cm³/mol. The first kappa shape index (κ1) is 58.8. The zero-order chi connectivity index (χ0) is 44.5. The fourth-order valence-corrected chi connectivity index (χ4v) is 8.03. The largest absolute Gasteiger partial charge is 0.462 e. The number of carbonyl (C=O) groups is 2. The Balaban J connectivity index is 4.59. The minimum absolute atomic E-state index is 0.0704. The third kappa shape index (κ3) is 44.2. The fraction of sp³-hybridized carbons (Fsp3) is 0.818. The summed E-state index contributed by atoms with van der Waals surface area (Å²) in [5.74, 6) is -0.491. The summed E-state index contributed by atoms with van der Waals surface area (Å²) in [4.78, 5) is 26.2. The highest BCUT2D eigenvalue weighted by molar-refractivity contribution is 5.77. The molecule has 6 nitrogen and oxygen atoms in total. The minimum atomic E-state index is -0.789. The third-order valence-corrected chi connectivity index (χ3v) is 12.0. The van der Waals surface area contributed by atoms with Gasteiger partial charge in [-0.2, -0.15) is 0 Å². The van der Waals surface area contributed by atoms with Crippen molar-refractivity contribution in [2.45, 2.75) is 283 Å². The lowest BCUT2D eigenvalue weighted by atomic mass is 10.0. The van der Waals surface area contributed by atoms with E-state index >= 15 is 0 Å². The average Bonchev–Trinajstić information content (AvgIpc) is 3.25. The summed E-state index contributed by atoms with van der Waals surface area (Å²) in [5, 5.41) is 23.7. The van der Waals surface area contributed by atoms with E-state index in [1.165, 1.54) is 141 Å². The minimum Gasteiger partial charge on any atom is -0.462 e. The highest BCUT2D eigenvalue weighted by Gasteiger charge is 2.24. The van der Waals surface area contributed by atoms with Crippen molar-refractivity contribution in [1.29, 1.82) is 0 Å². The Hall–Kier alpha value is -2.18. The Bertz CT molecular complexity index is 1050. The number of ether oxygens (including phenoxy) is 1. The van der Waals surface area contributed by atoms with Gasteiger partial charge < -0.3 is 20.3 Å². The topological polar surface area (TPSA) is 95.9 Å². The molecule has 0 bridgehead atoms. The summed E-state index contributed by atoms with van der Waals surface area (Å²) >= 11 is 0. The first-order valence-corrected chi connectivity index (χ1v) is 26.4. The van der Waals surface area contributed by atoms with Crippen LogP contribution in [0.15, 0.2) is 48.6 Å². The molecule has 6 heteroatoms. The summed E-state index contributed by atoms with van der Waals surface area (Å²) in [6.07, 6.45) is 58.9. The monoisotopic (exact) mass is 856 g/mol. The van der Waals surface area contributed by atoms with Crippen molar-refractivity contribution in [3.63, 3.8) is 0 Å². The third-order valence-electron chi connectivity index (χ3n) is 12.0. The molecule has 0 aromatic carbocycles. The van der Waals surface area contributed by atoms with E-state index in [0.717, 1.165) is 77.0 Å². The molecule has 0 aromatic heterocycles. The van der Waals surface area contributed by atoms with E-state index in [1.54, 1.807) is 0 Å². The molecule has 61 heavy (non-hydrogen) atoms. The summed E-state index contributed by atoms with van der Waals surface area (Å²) in [7, 11) is 0. The van der Waals surface area contributed by atoms with E-state index in [-0.39, 0.29) is 24.9 Å². The van der Waals surface area contributed by atoms with Crippen LogP contribution in [0.3, 0.4) is 0 Å². The molecule has 3 N–H and O–H groups in total. The smallest absolute Gasteiger partial charge is 0.306 e. The Labute approximate surface area is 378 Å². The number of esters is 1. The molecule has 0 aliphatic rings. The first-order chi connectivity index (χ1) is 30.0. The quantitative estimate of drug-likeness (QED) is 0.0322. The van der Waals surface area contributed by atoms with Crippen molar-refractivity contribution in [2.24, 2.45) is 0 Å². The van der Waals surface area contributed by atoms with Gasteiger partial charge in [0.2, 0.25) is 5.91 Å².